The first-order valence-electron chi connectivity index (χ1n) is 6.37. The molecule has 0 spiro atoms. The van der Waals surface area contributed by atoms with Gasteiger partial charge in [0.2, 0.25) is 0 Å². The fourth-order valence-corrected chi connectivity index (χ4v) is 2.45. The van der Waals surface area contributed by atoms with Crippen LogP contribution in [0.1, 0.15) is 11.1 Å². The zero-order chi connectivity index (χ0) is 12.4. The SMILES string of the molecule is CNCc1ccc(-c2cccc3c2OCC3)cc1. The van der Waals surface area contributed by atoms with Crippen LogP contribution in [0, 0.1) is 0 Å². The topological polar surface area (TPSA) is 21.3 Å². The van der Waals surface area contributed by atoms with E-state index in [0.717, 1.165) is 25.3 Å². The molecule has 2 aromatic rings. The third kappa shape index (κ3) is 2.00. The van der Waals surface area contributed by atoms with Gasteiger partial charge in [-0.2, -0.15) is 0 Å². The van der Waals surface area contributed by atoms with Crippen molar-refractivity contribution < 1.29 is 4.74 Å². The molecule has 18 heavy (non-hydrogen) atoms. The predicted octanol–water partition coefficient (Wildman–Crippen LogP) is 3.01. The molecule has 0 saturated heterocycles. The molecule has 0 unspecified atom stereocenters. The number of fused-ring (bicyclic) bond motifs is 1. The standard InChI is InChI=1S/C16H17NO/c1-17-11-12-5-7-13(8-6-12)15-4-2-3-14-9-10-18-16(14)15/h2-8,17H,9-11H2,1H3. The molecule has 0 aromatic heterocycles. The lowest BCUT2D eigenvalue weighted by molar-refractivity contribution is 0.358. The minimum Gasteiger partial charge on any atom is -0.492 e. The van der Waals surface area contributed by atoms with Crippen LogP contribution >= 0.6 is 0 Å². The monoisotopic (exact) mass is 239 g/mol. The molecule has 2 aromatic carbocycles. The number of rotatable bonds is 3. The minimum atomic E-state index is 0.810. The molecule has 0 fully saturated rings. The lowest BCUT2D eigenvalue weighted by Gasteiger charge is -2.09. The molecular formula is C16H17NO. The van der Waals surface area contributed by atoms with Crippen molar-refractivity contribution in [3.05, 3.63) is 53.6 Å². The summed E-state index contributed by atoms with van der Waals surface area (Å²) in [6, 6.07) is 15.1. The van der Waals surface area contributed by atoms with Crippen molar-refractivity contribution in [1.82, 2.24) is 5.32 Å². The van der Waals surface area contributed by atoms with E-state index in [1.165, 1.54) is 22.3 Å². The Morgan fingerprint density at radius 3 is 2.72 bits per heavy atom. The summed E-state index contributed by atoms with van der Waals surface area (Å²) in [7, 11) is 1.96. The van der Waals surface area contributed by atoms with E-state index in [0.29, 0.717) is 0 Å². The molecule has 2 heteroatoms. The minimum absolute atomic E-state index is 0.810. The van der Waals surface area contributed by atoms with E-state index in [-0.39, 0.29) is 0 Å². The van der Waals surface area contributed by atoms with Crippen LogP contribution in [0.5, 0.6) is 5.75 Å². The zero-order valence-corrected chi connectivity index (χ0v) is 10.6. The quantitative estimate of drug-likeness (QED) is 0.889. The second-order valence-corrected chi connectivity index (χ2v) is 4.62. The van der Waals surface area contributed by atoms with Crippen LogP contribution in [0.4, 0.5) is 0 Å². The van der Waals surface area contributed by atoms with Crippen molar-refractivity contribution in [2.45, 2.75) is 13.0 Å². The third-order valence-corrected chi connectivity index (χ3v) is 3.36. The molecule has 0 radical (unpaired) electrons. The summed E-state index contributed by atoms with van der Waals surface area (Å²) in [5, 5.41) is 3.16. The number of hydrogen-bond acceptors (Lipinski definition) is 2. The van der Waals surface area contributed by atoms with Gasteiger partial charge in [-0.1, -0.05) is 42.5 Å². The summed E-state index contributed by atoms with van der Waals surface area (Å²) in [5.74, 6) is 1.07. The molecule has 3 rings (SSSR count). The first-order chi connectivity index (χ1) is 8.88. The van der Waals surface area contributed by atoms with Crippen LogP contribution in [-0.2, 0) is 13.0 Å². The molecule has 2 nitrogen and oxygen atoms in total. The highest BCUT2D eigenvalue weighted by atomic mass is 16.5. The maximum absolute atomic E-state index is 5.75. The molecule has 0 aliphatic carbocycles. The van der Waals surface area contributed by atoms with E-state index in [2.05, 4.69) is 47.8 Å². The molecule has 0 saturated carbocycles. The van der Waals surface area contributed by atoms with Crippen LogP contribution in [-0.4, -0.2) is 13.7 Å². The Morgan fingerprint density at radius 2 is 1.94 bits per heavy atom. The molecule has 0 bridgehead atoms. The highest BCUT2D eigenvalue weighted by Crippen LogP contribution is 2.36. The first kappa shape index (κ1) is 11.3. The van der Waals surface area contributed by atoms with Gasteiger partial charge >= 0.3 is 0 Å². The van der Waals surface area contributed by atoms with Gasteiger partial charge in [0.25, 0.3) is 0 Å². The smallest absolute Gasteiger partial charge is 0.130 e. The Kier molecular flexibility index (Phi) is 3.03. The van der Waals surface area contributed by atoms with Gasteiger partial charge < -0.3 is 10.1 Å². The van der Waals surface area contributed by atoms with Crippen LogP contribution in [0.2, 0.25) is 0 Å². The van der Waals surface area contributed by atoms with Crippen LogP contribution in [0.25, 0.3) is 11.1 Å². The lowest BCUT2D eigenvalue weighted by atomic mass is 10.00. The fourth-order valence-electron chi connectivity index (χ4n) is 2.45. The van der Waals surface area contributed by atoms with Crippen molar-refractivity contribution in [1.29, 1.82) is 0 Å². The van der Waals surface area contributed by atoms with Crippen molar-refractivity contribution in [2.75, 3.05) is 13.7 Å². The van der Waals surface area contributed by atoms with Gasteiger partial charge in [0.05, 0.1) is 6.61 Å². The molecule has 0 atom stereocenters. The Hall–Kier alpha value is -1.80. The Labute approximate surface area is 108 Å². The second kappa shape index (κ2) is 4.83. The first-order valence-corrected chi connectivity index (χ1v) is 6.37. The van der Waals surface area contributed by atoms with Gasteiger partial charge in [0.15, 0.2) is 0 Å². The summed E-state index contributed by atoms with van der Waals surface area (Å²) >= 11 is 0. The van der Waals surface area contributed by atoms with Crippen molar-refractivity contribution in [3.63, 3.8) is 0 Å². The van der Waals surface area contributed by atoms with Crippen molar-refractivity contribution >= 4 is 0 Å². The van der Waals surface area contributed by atoms with Crippen LogP contribution in [0.15, 0.2) is 42.5 Å². The molecule has 1 heterocycles. The fraction of sp³-hybridized carbons (Fsp3) is 0.250. The van der Waals surface area contributed by atoms with E-state index < -0.39 is 0 Å². The lowest BCUT2D eigenvalue weighted by Crippen LogP contribution is -2.04. The van der Waals surface area contributed by atoms with Crippen LogP contribution < -0.4 is 10.1 Å². The van der Waals surface area contributed by atoms with Crippen molar-refractivity contribution in [3.8, 4) is 16.9 Å². The summed E-state index contributed by atoms with van der Waals surface area (Å²) in [5.41, 5.74) is 5.07. The summed E-state index contributed by atoms with van der Waals surface area (Å²) < 4.78 is 5.75. The maximum atomic E-state index is 5.75. The van der Waals surface area contributed by atoms with Crippen molar-refractivity contribution in [2.24, 2.45) is 0 Å². The second-order valence-electron chi connectivity index (χ2n) is 4.62. The molecular weight excluding hydrogens is 222 g/mol. The number of benzene rings is 2. The number of hydrogen-bond donors (Lipinski definition) is 1. The third-order valence-electron chi connectivity index (χ3n) is 3.36. The number of ether oxygens (including phenoxy) is 1. The summed E-state index contributed by atoms with van der Waals surface area (Å²) in [4.78, 5) is 0. The highest BCUT2D eigenvalue weighted by molar-refractivity contribution is 5.73. The van der Waals surface area contributed by atoms with Gasteiger partial charge in [-0.05, 0) is 23.7 Å². The molecule has 1 N–H and O–H groups in total. The van der Waals surface area contributed by atoms with Gasteiger partial charge in [-0.25, -0.2) is 0 Å². The Balaban J connectivity index is 1.97. The van der Waals surface area contributed by atoms with E-state index >= 15 is 0 Å². The van der Waals surface area contributed by atoms with E-state index in [4.69, 9.17) is 4.74 Å². The normalized spacial score (nSPS) is 13.2. The number of para-hydroxylation sites is 1. The highest BCUT2D eigenvalue weighted by Gasteiger charge is 2.16. The average molecular weight is 239 g/mol. The average Bonchev–Trinajstić information content (AvgIpc) is 2.88. The molecule has 1 aliphatic rings. The van der Waals surface area contributed by atoms with Gasteiger partial charge in [0.1, 0.15) is 5.75 Å². The Morgan fingerprint density at radius 1 is 1.11 bits per heavy atom. The molecule has 1 aliphatic heterocycles. The maximum Gasteiger partial charge on any atom is 0.130 e. The van der Waals surface area contributed by atoms with Crippen LogP contribution in [0.3, 0.4) is 0 Å². The number of nitrogens with one attached hydrogen (secondary N) is 1. The van der Waals surface area contributed by atoms with Gasteiger partial charge in [0, 0.05) is 18.5 Å². The summed E-state index contributed by atoms with van der Waals surface area (Å²) in [6.07, 6.45) is 1.03. The predicted molar refractivity (Wildman–Crippen MR) is 73.8 cm³/mol. The molecule has 92 valence electrons. The molecule has 0 amide bonds. The van der Waals surface area contributed by atoms with E-state index in [1.807, 2.05) is 7.05 Å². The van der Waals surface area contributed by atoms with E-state index in [1.54, 1.807) is 0 Å². The van der Waals surface area contributed by atoms with Gasteiger partial charge in [-0.3, -0.25) is 0 Å². The Bertz CT molecular complexity index is 546. The largest absolute Gasteiger partial charge is 0.492 e. The zero-order valence-electron chi connectivity index (χ0n) is 10.6. The van der Waals surface area contributed by atoms with E-state index in [9.17, 15) is 0 Å². The summed E-state index contributed by atoms with van der Waals surface area (Å²) in [6.45, 7) is 1.72. The van der Waals surface area contributed by atoms with Gasteiger partial charge in [-0.15, -0.1) is 0 Å².